The van der Waals surface area contributed by atoms with Crippen molar-refractivity contribution in [2.45, 2.75) is 19.4 Å². The minimum atomic E-state index is -0.562. The van der Waals surface area contributed by atoms with Gasteiger partial charge in [0.2, 0.25) is 11.8 Å². The van der Waals surface area contributed by atoms with Gasteiger partial charge in [0.05, 0.1) is 11.3 Å². The molecule has 10 heteroatoms. The molecule has 3 rings (SSSR count). The Morgan fingerprint density at radius 2 is 1.97 bits per heavy atom. The van der Waals surface area contributed by atoms with Gasteiger partial charge in [0.25, 0.3) is 0 Å². The number of halogens is 1. The third-order valence-corrected chi connectivity index (χ3v) is 5.39. The number of aromatic amines is 1. The predicted molar refractivity (Wildman–Crippen MR) is 112 cm³/mol. The fourth-order valence-electron chi connectivity index (χ4n) is 2.75. The summed E-state index contributed by atoms with van der Waals surface area (Å²) in [6, 6.07) is 9.02. The highest BCUT2D eigenvalue weighted by atomic mass is 32.1. The molecule has 2 heterocycles. The van der Waals surface area contributed by atoms with Crippen molar-refractivity contribution in [3.8, 4) is 10.7 Å². The summed E-state index contributed by atoms with van der Waals surface area (Å²) in [4.78, 5) is 25.4. The van der Waals surface area contributed by atoms with Crippen LogP contribution >= 0.6 is 23.6 Å². The number of rotatable bonds is 8. The summed E-state index contributed by atoms with van der Waals surface area (Å²) in [5.41, 5.74) is 0.719. The van der Waals surface area contributed by atoms with E-state index < -0.39 is 6.04 Å². The number of carbonyl (C=O) groups excluding carboxylic acids is 2. The maximum atomic E-state index is 12.9. The van der Waals surface area contributed by atoms with E-state index in [4.69, 9.17) is 12.2 Å². The summed E-state index contributed by atoms with van der Waals surface area (Å²) in [5, 5.41) is 14.4. The third-order valence-electron chi connectivity index (χ3n) is 4.24. The number of aromatic nitrogens is 3. The van der Waals surface area contributed by atoms with Crippen molar-refractivity contribution in [1.29, 1.82) is 0 Å². The molecule has 1 unspecified atom stereocenters. The van der Waals surface area contributed by atoms with Crippen LogP contribution in [-0.4, -0.2) is 39.7 Å². The van der Waals surface area contributed by atoms with Gasteiger partial charge in [-0.2, -0.15) is 5.10 Å². The van der Waals surface area contributed by atoms with Gasteiger partial charge in [-0.25, -0.2) is 4.39 Å². The van der Waals surface area contributed by atoms with Gasteiger partial charge in [-0.1, -0.05) is 18.2 Å². The fraction of sp³-hybridized carbons (Fsp3) is 0.263. The molecular formula is C19H20FN5O2S2. The van der Waals surface area contributed by atoms with E-state index >= 15 is 0 Å². The number of hydrogen-bond donors (Lipinski definition) is 3. The number of nitrogens with zero attached hydrogens (tertiary/aromatic N) is 2. The van der Waals surface area contributed by atoms with Crippen LogP contribution in [0.2, 0.25) is 0 Å². The van der Waals surface area contributed by atoms with Gasteiger partial charge < -0.3 is 10.6 Å². The molecule has 3 aromatic rings. The molecule has 2 amide bonds. The Balaban J connectivity index is 1.49. The number of nitrogens with one attached hydrogen (secondary N) is 3. The second-order valence-corrected chi connectivity index (χ2v) is 7.65. The summed E-state index contributed by atoms with van der Waals surface area (Å²) in [6.07, 6.45) is 0.152. The van der Waals surface area contributed by atoms with Crippen molar-refractivity contribution < 1.29 is 14.0 Å². The molecule has 7 nitrogen and oxygen atoms in total. The zero-order valence-corrected chi connectivity index (χ0v) is 17.3. The monoisotopic (exact) mass is 433 g/mol. The smallest absolute Gasteiger partial charge is 0.243 e. The summed E-state index contributed by atoms with van der Waals surface area (Å²) in [5.74, 6) is -0.157. The molecule has 0 fully saturated rings. The Labute approximate surface area is 176 Å². The zero-order chi connectivity index (χ0) is 20.8. The molecule has 0 saturated heterocycles. The Morgan fingerprint density at radius 1 is 1.24 bits per heavy atom. The molecule has 3 N–H and O–H groups in total. The van der Waals surface area contributed by atoms with Gasteiger partial charge in [-0.05, 0) is 48.3 Å². The lowest BCUT2D eigenvalue weighted by molar-refractivity contribution is -0.124. The highest BCUT2D eigenvalue weighted by Gasteiger charge is 2.21. The maximum absolute atomic E-state index is 12.9. The van der Waals surface area contributed by atoms with Crippen LogP contribution in [0, 0.1) is 10.6 Å². The quantitative estimate of drug-likeness (QED) is 0.376. The van der Waals surface area contributed by atoms with Crippen LogP contribution in [0.4, 0.5) is 4.39 Å². The lowest BCUT2D eigenvalue weighted by Crippen LogP contribution is -2.38. The van der Waals surface area contributed by atoms with E-state index in [1.54, 1.807) is 23.6 Å². The van der Waals surface area contributed by atoms with E-state index in [-0.39, 0.29) is 37.1 Å². The normalized spacial score (nSPS) is 11.8. The molecular weight excluding hydrogens is 413 g/mol. The topological polar surface area (TPSA) is 91.8 Å². The Hall–Kier alpha value is -2.85. The number of H-pyrrole nitrogens is 1. The fourth-order valence-corrected chi connectivity index (χ4v) is 3.75. The van der Waals surface area contributed by atoms with Gasteiger partial charge in [-0.3, -0.25) is 19.3 Å². The average molecular weight is 434 g/mol. The van der Waals surface area contributed by atoms with Crippen LogP contribution in [0.25, 0.3) is 10.7 Å². The second kappa shape index (κ2) is 9.57. The first-order valence-corrected chi connectivity index (χ1v) is 10.2. The van der Waals surface area contributed by atoms with Crippen LogP contribution in [0.15, 0.2) is 41.8 Å². The Kier molecular flexibility index (Phi) is 6.89. The van der Waals surface area contributed by atoms with Crippen LogP contribution in [0.1, 0.15) is 18.5 Å². The van der Waals surface area contributed by atoms with Gasteiger partial charge >= 0.3 is 0 Å². The highest BCUT2D eigenvalue weighted by Crippen LogP contribution is 2.25. The van der Waals surface area contributed by atoms with Crippen molar-refractivity contribution in [1.82, 2.24) is 25.4 Å². The van der Waals surface area contributed by atoms with Crippen molar-refractivity contribution in [2.24, 2.45) is 0 Å². The molecule has 152 valence electrons. The lowest BCUT2D eigenvalue weighted by atomic mass is 10.1. The molecule has 0 aliphatic rings. The van der Waals surface area contributed by atoms with Crippen LogP contribution in [-0.2, 0) is 16.0 Å². The minimum Gasteiger partial charge on any atom is -0.354 e. The van der Waals surface area contributed by atoms with Gasteiger partial charge in [0.15, 0.2) is 10.6 Å². The molecule has 0 bridgehead atoms. The molecule has 29 heavy (non-hydrogen) atoms. The first-order valence-electron chi connectivity index (χ1n) is 8.95. The first-order chi connectivity index (χ1) is 14.0. The molecule has 0 saturated carbocycles. The standard InChI is InChI=1S/C19H20FN5O2S2/c1-12(25-17(23-24-19(25)28)15-3-2-10-29-15)18(27)22-9-8-21-16(26)11-13-4-6-14(20)7-5-13/h2-7,10,12H,8-9,11H2,1H3,(H,21,26)(H,22,27)(H,24,28). The van der Waals surface area contributed by atoms with Crippen LogP contribution in [0.3, 0.4) is 0 Å². The van der Waals surface area contributed by atoms with Crippen molar-refractivity contribution in [3.05, 3.63) is 57.9 Å². The van der Waals surface area contributed by atoms with E-state index in [1.165, 1.54) is 23.5 Å². The van der Waals surface area contributed by atoms with Crippen LogP contribution in [0.5, 0.6) is 0 Å². The second-order valence-electron chi connectivity index (χ2n) is 6.32. The van der Waals surface area contributed by atoms with E-state index in [0.29, 0.717) is 10.6 Å². The summed E-state index contributed by atoms with van der Waals surface area (Å²) in [6.45, 7) is 2.30. The highest BCUT2D eigenvalue weighted by molar-refractivity contribution is 7.71. The van der Waals surface area contributed by atoms with E-state index in [1.807, 2.05) is 17.5 Å². The lowest BCUT2D eigenvalue weighted by Gasteiger charge is -2.15. The van der Waals surface area contributed by atoms with E-state index in [2.05, 4.69) is 20.8 Å². The van der Waals surface area contributed by atoms with Crippen molar-refractivity contribution in [2.75, 3.05) is 13.1 Å². The number of carbonyl (C=O) groups is 2. The molecule has 0 radical (unpaired) electrons. The minimum absolute atomic E-state index is 0.152. The van der Waals surface area contributed by atoms with Gasteiger partial charge in [-0.15, -0.1) is 11.3 Å². The number of benzene rings is 1. The van der Waals surface area contributed by atoms with Gasteiger partial charge in [0.1, 0.15) is 11.9 Å². The number of thiophene rings is 1. The number of hydrogen-bond acceptors (Lipinski definition) is 5. The molecule has 2 aromatic heterocycles. The van der Waals surface area contributed by atoms with Crippen molar-refractivity contribution in [3.63, 3.8) is 0 Å². The molecule has 0 spiro atoms. The third kappa shape index (κ3) is 5.36. The van der Waals surface area contributed by atoms with E-state index in [9.17, 15) is 14.0 Å². The SMILES string of the molecule is CC(C(=O)NCCNC(=O)Cc1ccc(F)cc1)n1c(-c2cccs2)n[nH]c1=S. The Morgan fingerprint density at radius 3 is 2.66 bits per heavy atom. The summed E-state index contributed by atoms with van der Waals surface area (Å²) in [7, 11) is 0. The molecule has 0 aliphatic heterocycles. The largest absolute Gasteiger partial charge is 0.354 e. The predicted octanol–water partition coefficient (Wildman–Crippen LogP) is 2.84. The van der Waals surface area contributed by atoms with Gasteiger partial charge in [0, 0.05) is 13.1 Å². The molecule has 1 atom stereocenters. The zero-order valence-electron chi connectivity index (χ0n) is 15.6. The maximum Gasteiger partial charge on any atom is 0.243 e. The molecule has 0 aliphatic carbocycles. The summed E-state index contributed by atoms with van der Waals surface area (Å²) < 4.78 is 14.9. The average Bonchev–Trinajstić information content (AvgIpc) is 3.36. The number of amides is 2. The Bertz CT molecular complexity index is 1030. The first kappa shape index (κ1) is 20.9. The van der Waals surface area contributed by atoms with Crippen molar-refractivity contribution >= 4 is 35.4 Å². The summed E-state index contributed by atoms with van der Waals surface area (Å²) >= 11 is 6.78. The molecule has 1 aromatic carbocycles. The van der Waals surface area contributed by atoms with E-state index in [0.717, 1.165) is 10.4 Å². The van der Waals surface area contributed by atoms with Crippen LogP contribution < -0.4 is 10.6 Å².